The molecule has 0 fully saturated rings. The van der Waals surface area contributed by atoms with Crippen molar-refractivity contribution in [3.05, 3.63) is 72.2 Å². The molecule has 0 bridgehead atoms. The number of carbonyl (C=O) groups is 2. The van der Waals surface area contributed by atoms with Crippen LogP contribution in [0.2, 0.25) is 0 Å². The largest absolute Gasteiger partial charge is 0.491 e. The molecule has 9 nitrogen and oxygen atoms in total. The number of fused-ring (bicyclic) bond motifs is 1. The summed E-state index contributed by atoms with van der Waals surface area (Å²) >= 11 is 0. The predicted octanol–water partition coefficient (Wildman–Crippen LogP) is 2.92. The van der Waals surface area contributed by atoms with Crippen molar-refractivity contribution >= 4 is 17.5 Å². The van der Waals surface area contributed by atoms with Crippen molar-refractivity contribution in [2.75, 3.05) is 18.6 Å². The van der Waals surface area contributed by atoms with Gasteiger partial charge in [0.05, 0.1) is 18.7 Å². The lowest BCUT2D eigenvalue weighted by atomic mass is 10.1. The van der Waals surface area contributed by atoms with Gasteiger partial charge in [0, 0.05) is 37.1 Å². The Labute approximate surface area is 203 Å². The molecule has 0 saturated heterocycles. The molecule has 3 heterocycles. The maximum atomic E-state index is 11.8. The molecule has 180 valence electrons. The van der Waals surface area contributed by atoms with Crippen LogP contribution in [0.1, 0.15) is 36.3 Å². The molecule has 0 saturated carbocycles. The van der Waals surface area contributed by atoms with Crippen molar-refractivity contribution in [3.8, 4) is 29.2 Å². The summed E-state index contributed by atoms with van der Waals surface area (Å²) in [5, 5.41) is 9.59. The highest BCUT2D eigenvalue weighted by Gasteiger charge is 2.20. The molecular formula is C26H26N4O5. The van der Waals surface area contributed by atoms with Crippen LogP contribution in [0.25, 0.3) is 0 Å². The van der Waals surface area contributed by atoms with E-state index in [0.717, 1.165) is 5.56 Å². The number of amides is 2. The summed E-state index contributed by atoms with van der Waals surface area (Å²) in [4.78, 5) is 32.0. The number of rotatable bonds is 3. The molecule has 3 aromatic rings. The summed E-state index contributed by atoms with van der Waals surface area (Å²) in [7, 11) is 1.73. The number of hydrogen-bond acceptors (Lipinski definition) is 7. The van der Waals surface area contributed by atoms with Crippen LogP contribution in [-0.4, -0.2) is 46.1 Å². The minimum Gasteiger partial charge on any atom is -0.491 e. The van der Waals surface area contributed by atoms with Crippen LogP contribution in [-0.2, 0) is 4.79 Å². The Kier molecular flexibility index (Phi) is 8.02. The summed E-state index contributed by atoms with van der Waals surface area (Å²) in [5.74, 6) is 6.68. The average Bonchev–Trinajstić information content (AvgIpc) is 2.96. The molecule has 9 heteroatoms. The first kappa shape index (κ1) is 25.2. The minimum absolute atomic E-state index is 0.0198. The smallest absolute Gasteiger partial charge is 0.267 e. The standard InChI is InChI=1S/C15H17NO3.C11H9N3O2/c1-15(2,18)8-6-11-4-5-13-12(10-11)16(3)14(17)7-9-19-13;12-11(15)9-7-8(4-6-13-9)16-10-3-1-2-5-14-10/h4-5,10,18H,7,9H2,1-3H3;1-7H,(H2,12,15). The topological polar surface area (TPSA) is 128 Å². The lowest BCUT2D eigenvalue weighted by molar-refractivity contribution is -0.118. The second kappa shape index (κ2) is 11.1. The van der Waals surface area contributed by atoms with Gasteiger partial charge < -0.3 is 25.2 Å². The fourth-order valence-electron chi connectivity index (χ4n) is 2.89. The molecule has 1 aliphatic rings. The first-order chi connectivity index (χ1) is 16.6. The zero-order valence-corrected chi connectivity index (χ0v) is 19.7. The Bertz CT molecular complexity index is 1260. The maximum absolute atomic E-state index is 11.8. The van der Waals surface area contributed by atoms with E-state index < -0.39 is 11.5 Å². The van der Waals surface area contributed by atoms with Gasteiger partial charge in [0.1, 0.15) is 22.8 Å². The number of anilines is 1. The number of aliphatic hydroxyl groups is 1. The SMILES string of the molecule is CN1C(=O)CCOc2ccc(C#CC(C)(C)O)cc21.NC(=O)c1cc(Oc2ccccn2)ccn1. The lowest BCUT2D eigenvalue weighted by Crippen LogP contribution is -2.25. The number of benzene rings is 1. The van der Waals surface area contributed by atoms with Gasteiger partial charge in [-0.1, -0.05) is 17.9 Å². The van der Waals surface area contributed by atoms with Gasteiger partial charge in [0.2, 0.25) is 11.8 Å². The van der Waals surface area contributed by atoms with E-state index in [2.05, 4.69) is 21.8 Å². The molecule has 0 radical (unpaired) electrons. The van der Waals surface area contributed by atoms with Gasteiger partial charge in [0.15, 0.2) is 0 Å². The van der Waals surface area contributed by atoms with Crippen LogP contribution < -0.4 is 20.1 Å². The molecule has 1 aliphatic heterocycles. The average molecular weight is 475 g/mol. The van der Waals surface area contributed by atoms with Gasteiger partial charge >= 0.3 is 0 Å². The van der Waals surface area contributed by atoms with Crippen molar-refractivity contribution in [2.45, 2.75) is 25.9 Å². The number of pyridine rings is 2. The molecule has 0 spiro atoms. The molecule has 4 rings (SSSR count). The van der Waals surface area contributed by atoms with Gasteiger partial charge in [-0.3, -0.25) is 14.6 Å². The number of aromatic nitrogens is 2. The van der Waals surface area contributed by atoms with Gasteiger partial charge in [-0.05, 0) is 44.2 Å². The molecule has 1 aromatic carbocycles. The third kappa shape index (κ3) is 7.55. The van der Waals surface area contributed by atoms with Gasteiger partial charge in [0.25, 0.3) is 5.91 Å². The van der Waals surface area contributed by atoms with Crippen molar-refractivity contribution < 1.29 is 24.2 Å². The maximum Gasteiger partial charge on any atom is 0.267 e. The zero-order valence-electron chi connectivity index (χ0n) is 19.7. The summed E-state index contributed by atoms with van der Waals surface area (Å²) in [6.07, 6.45) is 3.44. The lowest BCUT2D eigenvalue weighted by Gasteiger charge is -2.16. The first-order valence-corrected chi connectivity index (χ1v) is 10.8. The van der Waals surface area contributed by atoms with E-state index >= 15 is 0 Å². The van der Waals surface area contributed by atoms with Crippen molar-refractivity contribution in [2.24, 2.45) is 5.73 Å². The Morgan fingerprint density at radius 2 is 1.97 bits per heavy atom. The van der Waals surface area contributed by atoms with Crippen LogP contribution in [0.15, 0.2) is 60.9 Å². The quantitative estimate of drug-likeness (QED) is 0.559. The molecule has 2 aromatic heterocycles. The molecular weight excluding hydrogens is 448 g/mol. The Morgan fingerprint density at radius 3 is 2.66 bits per heavy atom. The highest BCUT2D eigenvalue weighted by molar-refractivity contribution is 5.95. The minimum atomic E-state index is -1.04. The molecule has 0 unspecified atom stereocenters. The molecule has 0 atom stereocenters. The molecule has 3 N–H and O–H groups in total. The van der Waals surface area contributed by atoms with Gasteiger partial charge in [-0.25, -0.2) is 4.98 Å². The van der Waals surface area contributed by atoms with Crippen LogP contribution in [0.3, 0.4) is 0 Å². The third-order valence-corrected chi connectivity index (χ3v) is 4.62. The van der Waals surface area contributed by atoms with Crippen molar-refractivity contribution in [1.29, 1.82) is 0 Å². The number of primary amides is 1. The Hall–Kier alpha value is -4.42. The number of carbonyl (C=O) groups excluding carboxylic acids is 2. The summed E-state index contributed by atoms with van der Waals surface area (Å²) < 4.78 is 10.9. The van der Waals surface area contributed by atoms with Crippen molar-refractivity contribution in [3.63, 3.8) is 0 Å². The van der Waals surface area contributed by atoms with Crippen molar-refractivity contribution in [1.82, 2.24) is 9.97 Å². The number of hydrogen-bond donors (Lipinski definition) is 2. The molecule has 2 amide bonds. The number of ether oxygens (including phenoxy) is 2. The first-order valence-electron chi connectivity index (χ1n) is 10.8. The number of nitrogens with two attached hydrogens (primary N) is 1. The van der Waals surface area contributed by atoms with Gasteiger partial charge in [-0.15, -0.1) is 0 Å². The highest BCUT2D eigenvalue weighted by atomic mass is 16.5. The third-order valence-electron chi connectivity index (χ3n) is 4.62. The Balaban J connectivity index is 0.000000198. The predicted molar refractivity (Wildman–Crippen MR) is 130 cm³/mol. The molecule has 0 aliphatic carbocycles. The second-order valence-electron chi connectivity index (χ2n) is 8.05. The summed E-state index contributed by atoms with van der Waals surface area (Å²) in [5.41, 5.74) is 5.68. The summed E-state index contributed by atoms with van der Waals surface area (Å²) in [6.45, 7) is 3.65. The van der Waals surface area contributed by atoms with Crippen LogP contribution >= 0.6 is 0 Å². The van der Waals surface area contributed by atoms with Crippen LogP contribution in [0.4, 0.5) is 5.69 Å². The van der Waals surface area contributed by atoms with E-state index in [1.165, 1.54) is 12.3 Å². The van der Waals surface area contributed by atoms with E-state index in [0.29, 0.717) is 36.1 Å². The number of nitrogens with zero attached hydrogens (tertiary/aromatic N) is 3. The second-order valence-corrected chi connectivity index (χ2v) is 8.05. The van der Waals surface area contributed by atoms with E-state index in [4.69, 9.17) is 15.2 Å². The van der Waals surface area contributed by atoms with Crippen LogP contribution in [0.5, 0.6) is 17.4 Å². The normalized spacial score (nSPS) is 12.6. The molecule has 35 heavy (non-hydrogen) atoms. The monoisotopic (exact) mass is 474 g/mol. The van der Waals surface area contributed by atoms with E-state index in [-0.39, 0.29) is 11.6 Å². The van der Waals surface area contributed by atoms with Crippen LogP contribution in [0, 0.1) is 11.8 Å². The zero-order chi connectivity index (χ0) is 25.4. The fourth-order valence-corrected chi connectivity index (χ4v) is 2.89. The van der Waals surface area contributed by atoms with E-state index in [9.17, 15) is 14.7 Å². The van der Waals surface area contributed by atoms with Gasteiger partial charge in [-0.2, -0.15) is 0 Å². The van der Waals surface area contributed by atoms with E-state index in [1.54, 1.807) is 68.4 Å². The fraction of sp³-hybridized carbons (Fsp3) is 0.231. The van der Waals surface area contributed by atoms with E-state index in [1.807, 2.05) is 6.07 Å². The summed E-state index contributed by atoms with van der Waals surface area (Å²) in [6, 6.07) is 13.8. The Morgan fingerprint density at radius 1 is 1.17 bits per heavy atom. The highest BCUT2D eigenvalue weighted by Crippen LogP contribution is 2.31.